The van der Waals surface area contributed by atoms with Gasteiger partial charge in [0.05, 0.1) is 0 Å². The van der Waals surface area contributed by atoms with Crippen LogP contribution in [0.1, 0.15) is 52.9 Å². The molecule has 3 nitrogen and oxygen atoms in total. The molecule has 0 heterocycles. The zero-order chi connectivity index (χ0) is 11.2. The van der Waals surface area contributed by atoms with Crippen LogP contribution in [-0.4, -0.2) is 16.6 Å². The first-order valence-corrected chi connectivity index (χ1v) is 5.42. The van der Waals surface area contributed by atoms with Gasteiger partial charge in [-0.3, -0.25) is 4.79 Å². The summed E-state index contributed by atoms with van der Waals surface area (Å²) >= 11 is 0. The lowest BCUT2D eigenvalue weighted by atomic mass is 9.88. The molecule has 3 N–H and O–H groups in total. The average Bonchev–Trinajstić information content (AvgIpc) is 2.03. The van der Waals surface area contributed by atoms with Crippen molar-refractivity contribution in [3.63, 3.8) is 0 Å². The summed E-state index contributed by atoms with van der Waals surface area (Å²) < 4.78 is 0. The number of carboxylic acids is 1. The molecule has 14 heavy (non-hydrogen) atoms. The maximum absolute atomic E-state index is 10.8. The zero-order valence-corrected chi connectivity index (χ0v) is 9.55. The molecule has 0 fully saturated rings. The standard InChI is InChI=1S/C11H23NO2/c1-4-5-6-7-9(2)8-11(3,12)10(13)14/h9H,4-8,12H2,1-3H3,(H,13,14)/t9-,11-/m1/s1. The normalized spacial score (nSPS) is 17.4. The summed E-state index contributed by atoms with van der Waals surface area (Å²) in [5, 5.41) is 8.84. The van der Waals surface area contributed by atoms with Gasteiger partial charge in [-0.1, -0.05) is 39.5 Å². The Kier molecular flexibility index (Phi) is 5.77. The fourth-order valence-corrected chi connectivity index (χ4v) is 1.66. The second-order valence-corrected chi connectivity index (χ2v) is 4.53. The summed E-state index contributed by atoms with van der Waals surface area (Å²) in [7, 11) is 0. The van der Waals surface area contributed by atoms with E-state index in [2.05, 4.69) is 13.8 Å². The van der Waals surface area contributed by atoms with Crippen LogP contribution in [-0.2, 0) is 4.79 Å². The molecule has 0 aromatic rings. The third-order valence-corrected chi connectivity index (χ3v) is 2.56. The molecule has 0 aromatic carbocycles. The van der Waals surface area contributed by atoms with Crippen molar-refractivity contribution >= 4 is 5.97 Å². The highest BCUT2D eigenvalue weighted by molar-refractivity contribution is 5.77. The van der Waals surface area contributed by atoms with E-state index in [4.69, 9.17) is 10.8 Å². The van der Waals surface area contributed by atoms with Gasteiger partial charge in [-0.2, -0.15) is 0 Å². The first-order chi connectivity index (χ1) is 6.40. The first-order valence-electron chi connectivity index (χ1n) is 5.42. The Morgan fingerprint density at radius 2 is 2.07 bits per heavy atom. The summed E-state index contributed by atoms with van der Waals surface area (Å²) in [6, 6.07) is 0. The van der Waals surface area contributed by atoms with Crippen molar-refractivity contribution in [3.05, 3.63) is 0 Å². The van der Waals surface area contributed by atoms with Crippen molar-refractivity contribution in [1.29, 1.82) is 0 Å². The maximum Gasteiger partial charge on any atom is 0.323 e. The maximum atomic E-state index is 10.8. The number of hydrogen-bond acceptors (Lipinski definition) is 2. The predicted molar refractivity (Wildman–Crippen MR) is 58.2 cm³/mol. The molecule has 0 bridgehead atoms. The molecular formula is C11H23NO2. The van der Waals surface area contributed by atoms with E-state index in [1.807, 2.05) is 0 Å². The van der Waals surface area contributed by atoms with Gasteiger partial charge >= 0.3 is 5.97 Å². The molecule has 0 amide bonds. The van der Waals surface area contributed by atoms with Gasteiger partial charge in [0.25, 0.3) is 0 Å². The molecule has 2 atom stereocenters. The van der Waals surface area contributed by atoms with Crippen LogP contribution < -0.4 is 5.73 Å². The van der Waals surface area contributed by atoms with Crippen LogP contribution in [0.4, 0.5) is 0 Å². The summed E-state index contributed by atoms with van der Waals surface area (Å²) in [5.74, 6) is -0.507. The Morgan fingerprint density at radius 1 is 1.50 bits per heavy atom. The molecule has 0 aliphatic heterocycles. The van der Waals surface area contributed by atoms with E-state index in [0.717, 1.165) is 6.42 Å². The molecule has 0 unspecified atom stereocenters. The van der Waals surface area contributed by atoms with Crippen LogP contribution in [0.2, 0.25) is 0 Å². The largest absolute Gasteiger partial charge is 0.480 e. The van der Waals surface area contributed by atoms with Crippen molar-refractivity contribution in [1.82, 2.24) is 0 Å². The minimum atomic E-state index is -1.06. The Hall–Kier alpha value is -0.570. The molecule has 0 radical (unpaired) electrons. The molecule has 0 aliphatic rings. The number of nitrogens with two attached hydrogens (primary N) is 1. The molecule has 0 spiro atoms. The van der Waals surface area contributed by atoms with E-state index in [9.17, 15) is 4.79 Å². The first kappa shape index (κ1) is 13.4. The van der Waals surface area contributed by atoms with Gasteiger partial charge in [-0.05, 0) is 19.3 Å². The highest BCUT2D eigenvalue weighted by atomic mass is 16.4. The van der Waals surface area contributed by atoms with Crippen molar-refractivity contribution in [2.45, 2.75) is 58.4 Å². The van der Waals surface area contributed by atoms with Crippen molar-refractivity contribution in [2.75, 3.05) is 0 Å². The molecule has 0 rings (SSSR count). The van der Waals surface area contributed by atoms with Gasteiger partial charge in [0.2, 0.25) is 0 Å². The third kappa shape index (κ3) is 5.22. The fraction of sp³-hybridized carbons (Fsp3) is 0.909. The topological polar surface area (TPSA) is 63.3 Å². The molecule has 0 aliphatic carbocycles. The molecule has 3 heteroatoms. The summed E-state index contributed by atoms with van der Waals surface area (Å²) in [6.45, 7) is 5.82. The van der Waals surface area contributed by atoms with Crippen LogP contribution in [0, 0.1) is 5.92 Å². The third-order valence-electron chi connectivity index (χ3n) is 2.56. The minimum absolute atomic E-state index is 0.396. The Bertz CT molecular complexity index is 178. The lowest BCUT2D eigenvalue weighted by molar-refractivity contribution is -0.143. The van der Waals surface area contributed by atoms with Crippen LogP contribution in [0.25, 0.3) is 0 Å². The number of unbranched alkanes of at least 4 members (excludes halogenated alkanes) is 2. The van der Waals surface area contributed by atoms with Crippen LogP contribution in [0.5, 0.6) is 0 Å². The molecule has 0 saturated heterocycles. The van der Waals surface area contributed by atoms with E-state index in [-0.39, 0.29) is 0 Å². The van der Waals surface area contributed by atoms with E-state index in [0.29, 0.717) is 12.3 Å². The SMILES string of the molecule is CCCCC[C@@H](C)C[C@@](C)(N)C(=O)O. The summed E-state index contributed by atoms with van der Waals surface area (Å²) in [4.78, 5) is 10.8. The van der Waals surface area contributed by atoms with Crippen LogP contribution in [0.3, 0.4) is 0 Å². The van der Waals surface area contributed by atoms with Crippen LogP contribution >= 0.6 is 0 Å². The Morgan fingerprint density at radius 3 is 2.50 bits per heavy atom. The summed E-state index contributed by atoms with van der Waals surface area (Å²) in [5.41, 5.74) is 4.60. The number of rotatable bonds is 7. The van der Waals surface area contributed by atoms with Crippen molar-refractivity contribution in [2.24, 2.45) is 11.7 Å². The number of hydrogen-bond donors (Lipinski definition) is 2. The lowest BCUT2D eigenvalue weighted by Crippen LogP contribution is -2.46. The average molecular weight is 201 g/mol. The van der Waals surface area contributed by atoms with E-state index < -0.39 is 11.5 Å². The quantitative estimate of drug-likeness (QED) is 0.622. The van der Waals surface area contributed by atoms with Gasteiger partial charge < -0.3 is 10.8 Å². The van der Waals surface area contributed by atoms with Gasteiger partial charge in [-0.15, -0.1) is 0 Å². The minimum Gasteiger partial charge on any atom is -0.480 e. The van der Waals surface area contributed by atoms with Gasteiger partial charge in [-0.25, -0.2) is 0 Å². The fourth-order valence-electron chi connectivity index (χ4n) is 1.66. The molecule has 0 saturated carbocycles. The number of carboxylic acid groups (broad SMARTS) is 1. The molecular weight excluding hydrogens is 178 g/mol. The van der Waals surface area contributed by atoms with Gasteiger partial charge in [0.1, 0.15) is 5.54 Å². The zero-order valence-electron chi connectivity index (χ0n) is 9.55. The van der Waals surface area contributed by atoms with E-state index >= 15 is 0 Å². The number of carbonyl (C=O) groups is 1. The molecule has 0 aromatic heterocycles. The lowest BCUT2D eigenvalue weighted by Gasteiger charge is -2.23. The van der Waals surface area contributed by atoms with Crippen molar-refractivity contribution in [3.8, 4) is 0 Å². The highest BCUT2D eigenvalue weighted by Crippen LogP contribution is 2.19. The smallest absolute Gasteiger partial charge is 0.323 e. The van der Waals surface area contributed by atoms with Gasteiger partial charge in [0.15, 0.2) is 0 Å². The Labute approximate surface area is 86.7 Å². The predicted octanol–water partition coefficient (Wildman–Crippen LogP) is 2.39. The highest BCUT2D eigenvalue weighted by Gasteiger charge is 2.29. The summed E-state index contributed by atoms with van der Waals surface area (Å²) in [6.07, 6.45) is 5.23. The van der Waals surface area contributed by atoms with Crippen LogP contribution in [0.15, 0.2) is 0 Å². The van der Waals surface area contributed by atoms with Gasteiger partial charge in [0, 0.05) is 0 Å². The number of aliphatic carboxylic acids is 1. The monoisotopic (exact) mass is 201 g/mol. The second kappa shape index (κ2) is 6.02. The molecule has 84 valence electrons. The van der Waals surface area contributed by atoms with Crippen molar-refractivity contribution < 1.29 is 9.90 Å². The van der Waals surface area contributed by atoms with E-state index in [1.54, 1.807) is 6.92 Å². The second-order valence-electron chi connectivity index (χ2n) is 4.53. The van der Waals surface area contributed by atoms with E-state index in [1.165, 1.54) is 19.3 Å². The Balaban J connectivity index is 3.81.